The normalized spacial score (nSPS) is 15.2. The molecule has 1 aromatic heterocycles. The minimum absolute atomic E-state index is 0.00338. The Kier molecular flexibility index (Phi) is 5.55. The van der Waals surface area contributed by atoms with Gasteiger partial charge in [-0.05, 0) is 55.0 Å². The summed E-state index contributed by atoms with van der Waals surface area (Å²) in [6.07, 6.45) is 3.65. The largest absolute Gasteiger partial charge is 0.342 e. The minimum Gasteiger partial charge on any atom is -0.342 e. The van der Waals surface area contributed by atoms with E-state index in [0.717, 1.165) is 36.3 Å². The van der Waals surface area contributed by atoms with E-state index in [1.54, 1.807) is 4.68 Å². The Bertz CT molecular complexity index is 1230. The first-order valence-corrected chi connectivity index (χ1v) is 11.1. The average Bonchev–Trinajstić information content (AvgIpc) is 3.24. The first-order valence-electron chi connectivity index (χ1n) is 11.1. The quantitative estimate of drug-likeness (QED) is 0.494. The van der Waals surface area contributed by atoms with Crippen LogP contribution in [0.15, 0.2) is 78.9 Å². The van der Waals surface area contributed by atoms with Gasteiger partial charge in [0.15, 0.2) is 0 Å². The number of rotatable bonds is 5. The van der Waals surface area contributed by atoms with Gasteiger partial charge in [0.25, 0.3) is 5.91 Å². The molecule has 5 nitrogen and oxygen atoms in total. The van der Waals surface area contributed by atoms with Crippen molar-refractivity contribution >= 4 is 5.91 Å². The third kappa shape index (κ3) is 4.19. The van der Waals surface area contributed by atoms with Crippen LogP contribution in [0.3, 0.4) is 0 Å². The third-order valence-corrected chi connectivity index (χ3v) is 6.04. The van der Waals surface area contributed by atoms with Crippen molar-refractivity contribution in [3.63, 3.8) is 0 Å². The molecular weight excluding hydrogens is 396 g/mol. The predicted octanol–water partition coefficient (Wildman–Crippen LogP) is 4.97. The zero-order chi connectivity index (χ0) is 21.9. The SMILES string of the molecule is Cc1ccc(-n2nc(C(=O)NC3CCCc4ccccc43)nc2Cc2ccccc2)cc1. The molecule has 0 radical (unpaired) electrons. The molecule has 160 valence electrons. The van der Waals surface area contributed by atoms with Gasteiger partial charge in [0, 0.05) is 6.42 Å². The Morgan fingerprint density at radius 1 is 1.00 bits per heavy atom. The number of hydrogen-bond acceptors (Lipinski definition) is 3. The number of nitrogens with zero attached hydrogens (tertiary/aromatic N) is 3. The van der Waals surface area contributed by atoms with Gasteiger partial charge in [0.1, 0.15) is 5.82 Å². The first kappa shape index (κ1) is 20.2. The van der Waals surface area contributed by atoms with Crippen LogP contribution in [0.25, 0.3) is 5.69 Å². The lowest BCUT2D eigenvalue weighted by molar-refractivity contribution is 0.0922. The monoisotopic (exact) mass is 422 g/mol. The molecule has 5 rings (SSSR count). The second-order valence-corrected chi connectivity index (χ2v) is 8.38. The van der Waals surface area contributed by atoms with Gasteiger partial charge < -0.3 is 5.32 Å². The second-order valence-electron chi connectivity index (χ2n) is 8.38. The van der Waals surface area contributed by atoms with Gasteiger partial charge >= 0.3 is 0 Å². The van der Waals surface area contributed by atoms with Gasteiger partial charge in [0.2, 0.25) is 5.82 Å². The van der Waals surface area contributed by atoms with Crippen molar-refractivity contribution in [3.05, 3.63) is 113 Å². The van der Waals surface area contributed by atoms with Crippen LogP contribution in [0.1, 0.15) is 57.6 Å². The van der Waals surface area contributed by atoms with E-state index in [0.29, 0.717) is 6.42 Å². The van der Waals surface area contributed by atoms with Gasteiger partial charge in [0.05, 0.1) is 11.7 Å². The number of hydrogen-bond donors (Lipinski definition) is 1. The molecule has 1 unspecified atom stereocenters. The van der Waals surface area contributed by atoms with Crippen LogP contribution in [0, 0.1) is 6.92 Å². The summed E-state index contributed by atoms with van der Waals surface area (Å²) in [5.41, 5.74) is 5.71. The number of aryl methyl sites for hydroxylation is 2. The van der Waals surface area contributed by atoms with Gasteiger partial charge in [-0.3, -0.25) is 4.79 Å². The number of carbonyl (C=O) groups excluding carboxylic acids is 1. The second kappa shape index (κ2) is 8.79. The van der Waals surface area contributed by atoms with E-state index < -0.39 is 0 Å². The topological polar surface area (TPSA) is 59.8 Å². The van der Waals surface area contributed by atoms with E-state index in [-0.39, 0.29) is 17.8 Å². The molecule has 0 spiro atoms. The highest BCUT2D eigenvalue weighted by Gasteiger charge is 2.24. The van der Waals surface area contributed by atoms with Crippen molar-refractivity contribution in [2.24, 2.45) is 0 Å². The molecule has 32 heavy (non-hydrogen) atoms. The van der Waals surface area contributed by atoms with E-state index in [9.17, 15) is 4.79 Å². The maximum absolute atomic E-state index is 13.2. The number of aromatic nitrogens is 3. The van der Waals surface area contributed by atoms with Crippen molar-refractivity contribution in [2.75, 3.05) is 0 Å². The minimum atomic E-state index is -0.230. The Morgan fingerprint density at radius 2 is 1.75 bits per heavy atom. The lowest BCUT2D eigenvalue weighted by Gasteiger charge is -2.25. The molecule has 3 aromatic carbocycles. The van der Waals surface area contributed by atoms with E-state index in [2.05, 4.69) is 52.7 Å². The Hall–Kier alpha value is -3.73. The number of nitrogens with one attached hydrogen (secondary N) is 1. The zero-order valence-corrected chi connectivity index (χ0v) is 18.2. The highest BCUT2D eigenvalue weighted by molar-refractivity contribution is 5.90. The molecule has 5 heteroatoms. The Balaban J connectivity index is 1.45. The molecule has 0 saturated heterocycles. The van der Waals surface area contributed by atoms with Gasteiger partial charge in [-0.2, -0.15) is 0 Å². The van der Waals surface area contributed by atoms with Crippen molar-refractivity contribution < 1.29 is 4.79 Å². The zero-order valence-electron chi connectivity index (χ0n) is 18.2. The first-order chi connectivity index (χ1) is 15.7. The van der Waals surface area contributed by atoms with Crippen molar-refractivity contribution in [1.82, 2.24) is 20.1 Å². The van der Waals surface area contributed by atoms with Gasteiger partial charge in [-0.25, -0.2) is 9.67 Å². The smallest absolute Gasteiger partial charge is 0.291 e. The molecule has 1 aliphatic carbocycles. The summed E-state index contributed by atoms with van der Waals surface area (Å²) in [5, 5.41) is 7.80. The summed E-state index contributed by atoms with van der Waals surface area (Å²) in [6, 6.07) is 26.6. The number of fused-ring (bicyclic) bond motifs is 1. The Morgan fingerprint density at radius 3 is 2.56 bits per heavy atom. The van der Waals surface area contributed by atoms with Crippen molar-refractivity contribution in [3.8, 4) is 5.69 Å². The summed E-state index contributed by atoms with van der Waals surface area (Å²) in [4.78, 5) is 17.8. The molecule has 0 fully saturated rings. The maximum Gasteiger partial charge on any atom is 0.291 e. The van der Waals surface area contributed by atoms with Crippen molar-refractivity contribution in [2.45, 2.75) is 38.6 Å². The fourth-order valence-corrected chi connectivity index (χ4v) is 4.35. The summed E-state index contributed by atoms with van der Waals surface area (Å²) in [5.74, 6) is 0.723. The maximum atomic E-state index is 13.2. The summed E-state index contributed by atoms with van der Waals surface area (Å²) in [7, 11) is 0. The van der Waals surface area contributed by atoms with E-state index in [1.807, 2.05) is 48.5 Å². The van der Waals surface area contributed by atoms with Crippen LogP contribution in [-0.4, -0.2) is 20.7 Å². The summed E-state index contributed by atoms with van der Waals surface area (Å²) < 4.78 is 1.79. The van der Waals surface area contributed by atoms with Crippen LogP contribution >= 0.6 is 0 Å². The number of carbonyl (C=O) groups is 1. The summed E-state index contributed by atoms with van der Waals surface area (Å²) >= 11 is 0. The van der Waals surface area contributed by atoms with Crippen molar-refractivity contribution in [1.29, 1.82) is 0 Å². The van der Waals surface area contributed by atoms with E-state index in [1.165, 1.54) is 16.7 Å². The third-order valence-electron chi connectivity index (χ3n) is 6.04. The molecule has 1 aliphatic rings. The molecule has 1 N–H and O–H groups in total. The molecule has 4 aromatic rings. The average molecular weight is 423 g/mol. The standard InChI is InChI=1S/C27H26N4O/c1-19-14-16-22(17-15-19)31-25(18-20-8-3-2-4-9-20)29-26(30-31)27(32)28-24-13-7-11-21-10-5-6-12-23(21)24/h2-6,8-10,12,14-17,24H,7,11,13,18H2,1H3,(H,28,32). The molecule has 0 aliphatic heterocycles. The number of amides is 1. The van der Waals surface area contributed by atoms with Crippen LogP contribution in [0.2, 0.25) is 0 Å². The summed E-state index contributed by atoms with van der Waals surface area (Å²) in [6.45, 7) is 2.05. The lowest BCUT2D eigenvalue weighted by Crippen LogP contribution is -2.31. The highest BCUT2D eigenvalue weighted by atomic mass is 16.2. The predicted molar refractivity (Wildman–Crippen MR) is 125 cm³/mol. The molecular formula is C27H26N4O. The molecule has 0 saturated carbocycles. The molecule has 1 heterocycles. The number of benzene rings is 3. The van der Waals surface area contributed by atoms with Crippen LogP contribution in [0.4, 0.5) is 0 Å². The Labute approximate surface area is 188 Å². The fourth-order valence-electron chi connectivity index (χ4n) is 4.35. The van der Waals surface area contributed by atoms with Gasteiger partial charge in [-0.15, -0.1) is 5.10 Å². The van der Waals surface area contributed by atoms with Crippen LogP contribution in [-0.2, 0) is 12.8 Å². The fraction of sp³-hybridized carbons (Fsp3) is 0.222. The molecule has 1 amide bonds. The van der Waals surface area contributed by atoms with Crippen LogP contribution in [0.5, 0.6) is 0 Å². The van der Waals surface area contributed by atoms with E-state index in [4.69, 9.17) is 0 Å². The lowest BCUT2D eigenvalue weighted by atomic mass is 9.88. The van der Waals surface area contributed by atoms with E-state index >= 15 is 0 Å². The van der Waals surface area contributed by atoms with Crippen LogP contribution < -0.4 is 5.32 Å². The molecule has 1 atom stereocenters. The van der Waals surface area contributed by atoms with Gasteiger partial charge in [-0.1, -0.05) is 72.3 Å². The molecule has 0 bridgehead atoms. The highest BCUT2D eigenvalue weighted by Crippen LogP contribution is 2.29.